The van der Waals surface area contributed by atoms with Gasteiger partial charge in [-0.1, -0.05) is 20.8 Å². The van der Waals surface area contributed by atoms with Gasteiger partial charge < -0.3 is 5.73 Å². The van der Waals surface area contributed by atoms with Gasteiger partial charge in [-0.05, 0) is 43.1 Å². The van der Waals surface area contributed by atoms with Gasteiger partial charge in [-0.2, -0.15) is 5.10 Å². The Labute approximate surface area is 130 Å². The first kappa shape index (κ1) is 17.4. The van der Waals surface area contributed by atoms with E-state index in [1.165, 1.54) is 0 Å². The molecule has 0 aliphatic carbocycles. The zero-order chi connectivity index (χ0) is 15.7. The number of Topliss-reactive ketones (excluding diaryl/α,β-unsaturated/α-hetero) is 1. The van der Waals surface area contributed by atoms with Crippen molar-refractivity contribution in [2.75, 3.05) is 0 Å². The average molecular weight is 344 g/mol. The van der Waals surface area contributed by atoms with Gasteiger partial charge in [-0.15, -0.1) is 0 Å². The molecule has 0 fully saturated rings. The van der Waals surface area contributed by atoms with Gasteiger partial charge in [-0.3, -0.25) is 9.48 Å². The van der Waals surface area contributed by atoms with Crippen LogP contribution in [-0.4, -0.2) is 21.1 Å². The lowest BCUT2D eigenvalue weighted by molar-refractivity contribution is -0.129. The maximum Gasteiger partial charge on any atom is 0.146 e. The van der Waals surface area contributed by atoms with Crippen LogP contribution in [0.2, 0.25) is 0 Å². The predicted molar refractivity (Wildman–Crippen MR) is 85.7 cm³/mol. The van der Waals surface area contributed by atoms with Gasteiger partial charge in [0.1, 0.15) is 5.78 Å². The number of aryl methyl sites for hydroxylation is 2. The van der Waals surface area contributed by atoms with E-state index in [2.05, 4.69) is 28.0 Å². The molecule has 0 amide bonds. The maximum atomic E-state index is 12.7. The molecule has 20 heavy (non-hydrogen) atoms. The number of carbonyl (C=O) groups is 1. The molecule has 4 nitrogen and oxygen atoms in total. The van der Waals surface area contributed by atoms with Gasteiger partial charge in [0.2, 0.25) is 0 Å². The van der Waals surface area contributed by atoms with Crippen LogP contribution in [0.3, 0.4) is 0 Å². The van der Waals surface area contributed by atoms with Gasteiger partial charge in [-0.25, -0.2) is 0 Å². The third-order valence-corrected chi connectivity index (χ3v) is 5.25. The highest BCUT2D eigenvalue weighted by Crippen LogP contribution is 2.32. The molecule has 0 radical (unpaired) electrons. The number of halogens is 1. The molecular weight excluding hydrogens is 318 g/mol. The normalized spacial score (nSPS) is 12.8. The standard InChI is InChI=1S/C15H26BrN3O/c1-7-10-13(16)11(19(8-2)18-10)9-12(20)14(3,4)15(5,6)17/h7-9,17H2,1-6H3. The number of ketones is 1. The average Bonchev–Trinajstić information content (AvgIpc) is 2.64. The summed E-state index contributed by atoms with van der Waals surface area (Å²) in [6.07, 6.45) is 1.20. The minimum atomic E-state index is -0.582. The van der Waals surface area contributed by atoms with E-state index in [1.807, 2.05) is 39.3 Å². The Morgan fingerprint density at radius 2 is 1.85 bits per heavy atom. The minimum absolute atomic E-state index is 0.142. The Kier molecular flexibility index (Phi) is 5.19. The number of nitrogens with two attached hydrogens (primary N) is 1. The van der Waals surface area contributed by atoms with E-state index in [0.717, 1.165) is 28.8 Å². The maximum absolute atomic E-state index is 12.7. The van der Waals surface area contributed by atoms with Crippen molar-refractivity contribution in [1.29, 1.82) is 0 Å². The zero-order valence-corrected chi connectivity index (χ0v) is 15.0. The fourth-order valence-corrected chi connectivity index (χ4v) is 2.62. The molecule has 0 spiro atoms. The van der Waals surface area contributed by atoms with Crippen molar-refractivity contribution in [3.63, 3.8) is 0 Å². The molecule has 0 aliphatic rings. The molecule has 1 rings (SSSR count). The van der Waals surface area contributed by atoms with Crippen LogP contribution in [0.25, 0.3) is 0 Å². The van der Waals surface area contributed by atoms with Crippen LogP contribution in [0.15, 0.2) is 4.47 Å². The highest BCUT2D eigenvalue weighted by molar-refractivity contribution is 9.10. The van der Waals surface area contributed by atoms with Crippen molar-refractivity contribution < 1.29 is 4.79 Å². The van der Waals surface area contributed by atoms with Crippen molar-refractivity contribution in [3.05, 3.63) is 15.9 Å². The zero-order valence-electron chi connectivity index (χ0n) is 13.4. The van der Waals surface area contributed by atoms with Crippen LogP contribution in [0.4, 0.5) is 0 Å². The third-order valence-electron chi connectivity index (χ3n) is 4.33. The van der Waals surface area contributed by atoms with Gasteiger partial charge in [0.05, 0.1) is 22.3 Å². The lowest BCUT2D eigenvalue weighted by Gasteiger charge is -2.37. The van der Waals surface area contributed by atoms with Crippen LogP contribution < -0.4 is 5.73 Å². The Balaban J connectivity index is 3.11. The predicted octanol–water partition coefficient (Wildman–Crippen LogP) is 3.10. The van der Waals surface area contributed by atoms with Crippen molar-refractivity contribution in [2.24, 2.45) is 11.1 Å². The molecular formula is C15H26BrN3O. The summed E-state index contributed by atoms with van der Waals surface area (Å²) in [5.41, 5.74) is 6.97. The first-order valence-electron chi connectivity index (χ1n) is 7.12. The number of rotatable bonds is 6. The molecule has 2 N–H and O–H groups in total. The van der Waals surface area contributed by atoms with Crippen LogP contribution in [0.1, 0.15) is 52.9 Å². The van der Waals surface area contributed by atoms with Crippen molar-refractivity contribution in [1.82, 2.24) is 9.78 Å². The molecule has 1 aromatic heterocycles. The van der Waals surface area contributed by atoms with Crippen LogP contribution in [-0.2, 0) is 24.2 Å². The Morgan fingerprint density at radius 1 is 1.30 bits per heavy atom. The molecule has 0 atom stereocenters. The molecule has 0 unspecified atom stereocenters. The van der Waals surface area contributed by atoms with Gasteiger partial charge in [0, 0.05) is 17.5 Å². The highest BCUT2D eigenvalue weighted by Gasteiger charge is 2.40. The van der Waals surface area contributed by atoms with E-state index in [-0.39, 0.29) is 5.78 Å². The van der Waals surface area contributed by atoms with E-state index >= 15 is 0 Å². The summed E-state index contributed by atoms with van der Waals surface area (Å²) in [6, 6.07) is 0. The first-order valence-corrected chi connectivity index (χ1v) is 7.91. The van der Waals surface area contributed by atoms with Crippen molar-refractivity contribution in [2.45, 2.75) is 66.5 Å². The summed E-state index contributed by atoms with van der Waals surface area (Å²) >= 11 is 3.58. The molecule has 0 aliphatic heterocycles. The summed E-state index contributed by atoms with van der Waals surface area (Å²) in [5.74, 6) is 0.142. The third kappa shape index (κ3) is 3.14. The van der Waals surface area contributed by atoms with Crippen LogP contribution in [0, 0.1) is 5.41 Å². The fourth-order valence-electron chi connectivity index (χ4n) is 1.92. The molecule has 1 heterocycles. The molecule has 1 aromatic rings. The number of nitrogens with zero attached hydrogens (tertiary/aromatic N) is 2. The molecule has 114 valence electrons. The van der Waals surface area contributed by atoms with Crippen LogP contribution >= 0.6 is 15.9 Å². The molecule has 0 saturated carbocycles. The SMILES string of the molecule is CCc1nn(CC)c(CC(=O)C(C)(C)C(C)(C)N)c1Br. The van der Waals surface area contributed by atoms with E-state index < -0.39 is 11.0 Å². The lowest BCUT2D eigenvalue weighted by atomic mass is 9.71. The van der Waals surface area contributed by atoms with Gasteiger partial charge in [0.15, 0.2) is 0 Å². The van der Waals surface area contributed by atoms with Crippen LogP contribution in [0.5, 0.6) is 0 Å². The monoisotopic (exact) mass is 343 g/mol. The summed E-state index contributed by atoms with van der Waals surface area (Å²) < 4.78 is 2.86. The Hall–Kier alpha value is -0.680. The number of aromatic nitrogens is 2. The molecule has 5 heteroatoms. The van der Waals surface area contributed by atoms with Gasteiger partial charge in [0.25, 0.3) is 0 Å². The Morgan fingerprint density at radius 3 is 2.25 bits per heavy atom. The number of carbonyl (C=O) groups excluding carboxylic acids is 1. The van der Waals surface area contributed by atoms with E-state index in [4.69, 9.17) is 5.73 Å². The van der Waals surface area contributed by atoms with E-state index in [0.29, 0.717) is 6.42 Å². The molecule has 0 saturated heterocycles. The van der Waals surface area contributed by atoms with Crippen molar-refractivity contribution in [3.8, 4) is 0 Å². The lowest BCUT2D eigenvalue weighted by Crippen LogP contribution is -2.52. The molecule has 0 aromatic carbocycles. The first-order chi connectivity index (χ1) is 9.06. The Bertz CT molecular complexity index is 498. The van der Waals surface area contributed by atoms with Gasteiger partial charge >= 0.3 is 0 Å². The summed E-state index contributed by atoms with van der Waals surface area (Å²) in [5, 5.41) is 4.53. The second-order valence-electron chi connectivity index (χ2n) is 6.32. The number of hydrogen-bond donors (Lipinski definition) is 1. The minimum Gasteiger partial charge on any atom is -0.325 e. The second-order valence-corrected chi connectivity index (χ2v) is 7.12. The highest BCUT2D eigenvalue weighted by atomic mass is 79.9. The van der Waals surface area contributed by atoms with E-state index in [1.54, 1.807) is 0 Å². The quantitative estimate of drug-likeness (QED) is 0.863. The van der Waals surface area contributed by atoms with E-state index in [9.17, 15) is 4.79 Å². The summed E-state index contributed by atoms with van der Waals surface area (Å²) in [7, 11) is 0. The molecule has 0 bridgehead atoms. The summed E-state index contributed by atoms with van der Waals surface area (Å²) in [4.78, 5) is 12.7. The summed E-state index contributed by atoms with van der Waals surface area (Å²) in [6.45, 7) is 12.5. The largest absolute Gasteiger partial charge is 0.325 e. The smallest absolute Gasteiger partial charge is 0.146 e. The fraction of sp³-hybridized carbons (Fsp3) is 0.733. The number of hydrogen-bond acceptors (Lipinski definition) is 3. The second kappa shape index (κ2) is 5.98. The topological polar surface area (TPSA) is 60.9 Å². The van der Waals surface area contributed by atoms with Crippen molar-refractivity contribution >= 4 is 21.7 Å².